The van der Waals surface area contributed by atoms with Crippen LogP contribution in [-0.4, -0.2) is 16.4 Å². The van der Waals surface area contributed by atoms with Crippen molar-refractivity contribution in [3.8, 4) is 5.75 Å². The summed E-state index contributed by atoms with van der Waals surface area (Å²) in [7, 11) is 0. The summed E-state index contributed by atoms with van der Waals surface area (Å²) in [6.07, 6.45) is 0. The summed E-state index contributed by atoms with van der Waals surface area (Å²) in [5.41, 5.74) is -1.15. The van der Waals surface area contributed by atoms with Gasteiger partial charge < -0.3 is 5.11 Å². The van der Waals surface area contributed by atoms with Crippen molar-refractivity contribution in [1.82, 2.24) is 0 Å². The zero-order valence-corrected chi connectivity index (χ0v) is 7.23. The molecule has 1 atom stereocenters. The molecule has 0 aromatic heterocycles. The molecule has 68 valence electrons. The van der Waals surface area contributed by atoms with Gasteiger partial charge in [0.2, 0.25) is 11.3 Å². The number of hydrogen-bond acceptors (Lipinski definition) is 4. The highest BCUT2D eigenvalue weighted by Crippen LogP contribution is 2.13. The van der Waals surface area contributed by atoms with E-state index >= 15 is 0 Å². The molecule has 0 amide bonds. The summed E-state index contributed by atoms with van der Waals surface area (Å²) in [5.74, 6) is -0.529. The molecule has 4 nitrogen and oxygen atoms in total. The van der Waals surface area contributed by atoms with Crippen molar-refractivity contribution in [3.63, 3.8) is 0 Å². The average Bonchev–Trinajstić information content (AvgIpc) is 2.17. The number of carbonyl (C=O) groups is 1. The van der Waals surface area contributed by atoms with Gasteiger partial charge in [-0.15, -0.1) is 4.91 Å². The van der Waals surface area contributed by atoms with Gasteiger partial charge in [0.25, 0.3) is 0 Å². The van der Waals surface area contributed by atoms with E-state index in [1.54, 1.807) is 0 Å². The van der Waals surface area contributed by atoms with Crippen molar-refractivity contribution >= 4 is 17.4 Å². The number of ketones is 1. The van der Waals surface area contributed by atoms with E-state index in [1.807, 2.05) is 0 Å². The fourth-order valence-electron chi connectivity index (χ4n) is 0.811. The third-order valence-electron chi connectivity index (χ3n) is 1.46. The van der Waals surface area contributed by atoms with Crippen molar-refractivity contribution in [2.24, 2.45) is 5.18 Å². The Morgan fingerprint density at radius 2 is 1.92 bits per heavy atom. The summed E-state index contributed by atoms with van der Waals surface area (Å²) in [6, 6.07) is 5.42. The first kappa shape index (κ1) is 9.67. The monoisotopic (exact) mass is 199 g/mol. The van der Waals surface area contributed by atoms with E-state index in [2.05, 4.69) is 5.18 Å². The van der Waals surface area contributed by atoms with Gasteiger partial charge in [-0.25, -0.2) is 0 Å². The largest absolute Gasteiger partial charge is 0.508 e. The van der Waals surface area contributed by atoms with E-state index in [4.69, 9.17) is 16.7 Å². The van der Waals surface area contributed by atoms with Crippen LogP contribution in [0, 0.1) is 4.91 Å². The predicted molar refractivity (Wildman–Crippen MR) is 47.9 cm³/mol. The number of rotatable bonds is 3. The number of hydrogen-bond donors (Lipinski definition) is 1. The normalized spacial score (nSPS) is 12.1. The second kappa shape index (κ2) is 4.00. The first-order valence-corrected chi connectivity index (χ1v) is 3.88. The number of nitroso groups, excluding NO2 is 1. The highest BCUT2D eigenvalue weighted by atomic mass is 35.5. The molecule has 0 spiro atoms. The lowest BCUT2D eigenvalue weighted by Crippen LogP contribution is -2.10. The van der Waals surface area contributed by atoms with Crippen LogP contribution in [0.2, 0.25) is 0 Å². The summed E-state index contributed by atoms with van der Waals surface area (Å²) in [4.78, 5) is 21.1. The molecular formula is C8H6ClNO3. The van der Waals surface area contributed by atoms with E-state index in [0.29, 0.717) is 0 Å². The number of aromatic hydroxyl groups is 1. The van der Waals surface area contributed by atoms with Crippen LogP contribution in [-0.2, 0) is 0 Å². The molecule has 1 rings (SSSR count). The summed E-state index contributed by atoms with van der Waals surface area (Å²) >= 11 is 5.30. The topological polar surface area (TPSA) is 66.7 Å². The van der Waals surface area contributed by atoms with Crippen LogP contribution in [0.4, 0.5) is 0 Å². The molecular weight excluding hydrogens is 194 g/mol. The molecule has 1 unspecified atom stereocenters. The van der Waals surface area contributed by atoms with Crippen LogP contribution in [0.3, 0.4) is 0 Å². The van der Waals surface area contributed by atoms with Crippen molar-refractivity contribution in [3.05, 3.63) is 34.7 Å². The highest BCUT2D eigenvalue weighted by molar-refractivity contribution is 6.33. The van der Waals surface area contributed by atoms with Gasteiger partial charge in [0.05, 0.1) is 0 Å². The molecule has 5 heteroatoms. The predicted octanol–water partition coefficient (Wildman–Crippen LogP) is 1.91. The van der Waals surface area contributed by atoms with Gasteiger partial charge in [-0.1, -0.05) is 11.6 Å². The highest BCUT2D eigenvalue weighted by Gasteiger charge is 2.17. The summed E-state index contributed by atoms with van der Waals surface area (Å²) in [5, 5.41) is 11.3. The van der Waals surface area contributed by atoms with Crippen LogP contribution >= 0.6 is 11.6 Å². The first-order valence-electron chi connectivity index (χ1n) is 3.45. The number of carbonyl (C=O) groups excluding carboxylic acids is 1. The SMILES string of the molecule is O=NC(Cl)C(=O)c1ccc(O)cc1. The average molecular weight is 200 g/mol. The number of alkyl halides is 1. The molecule has 0 saturated heterocycles. The maximum atomic E-state index is 11.2. The van der Waals surface area contributed by atoms with Crippen molar-refractivity contribution in [2.45, 2.75) is 5.50 Å². The van der Waals surface area contributed by atoms with Crippen molar-refractivity contribution in [1.29, 1.82) is 0 Å². The Morgan fingerprint density at radius 1 is 1.38 bits per heavy atom. The number of phenols is 1. The zero-order chi connectivity index (χ0) is 9.84. The fourth-order valence-corrected chi connectivity index (χ4v) is 0.937. The van der Waals surface area contributed by atoms with Gasteiger partial charge in [-0.05, 0) is 29.4 Å². The third kappa shape index (κ3) is 2.26. The number of nitrogens with zero attached hydrogens (tertiary/aromatic N) is 1. The Morgan fingerprint density at radius 3 is 2.38 bits per heavy atom. The van der Waals surface area contributed by atoms with Gasteiger partial charge >= 0.3 is 0 Å². The minimum absolute atomic E-state index is 0.0433. The molecule has 0 aliphatic heterocycles. The molecule has 0 aliphatic carbocycles. The van der Waals surface area contributed by atoms with Gasteiger partial charge in [0.1, 0.15) is 5.75 Å². The third-order valence-corrected chi connectivity index (χ3v) is 1.74. The maximum Gasteiger partial charge on any atom is 0.227 e. The van der Waals surface area contributed by atoms with Crippen LogP contribution in [0.15, 0.2) is 29.4 Å². The Hall–Kier alpha value is -1.42. The Bertz CT molecular complexity index is 323. The van der Waals surface area contributed by atoms with E-state index < -0.39 is 11.3 Å². The lowest BCUT2D eigenvalue weighted by molar-refractivity contribution is 0.0989. The van der Waals surface area contributed by atoms with Crippen LogP contribution < -0.4 is 0 Å². The molecule has 1 aromatic carbocycles. The summed E-state index contributed by atoms with van der Waals surface area (Å²) < 4.78 is 0. The van der Waals surface area contributed by atoms with Gasteiger partial charge in [-0.2, -0.15) is 0 Å². The Labute approximate surface area is 79.1 Å². The van der Waals surface area contributed by atoms with Crippen molar-refractivity contribution < 1.29 is 9.90 Å². The molecule has 0 heterocycles. The molecule has 13 heavy (non-hydrogen) atoms. The zero-order valence-electron chi connectivity index (χ0n) is 6.48. The van der Waals surface area contributed by atoms with Gasteiger partial charge in [0, 0.05) is 5.56 Å². The minimum atomic E-state index is -1.40. The molecule has 0 saturated carbocycles. The van der Waals surface area contributed by atoms with Crippen molar-refractivity contribution in [2.75, 3.05) is 0 Å². The molecule has 0 aliphatic rings. The van der Waals surface area contributed by atoms with E-state index in [-0.39, 0.29) is 11.3 Å². The lowest BCUT2D eigenvalue weighted by atomic mass is 10.1. The number of phenolic OH excluding ortho intramolecular Hbond substituents is 1. The molecule has 0 bridgehead atoms. The standard InChI is InChI=1S/C8H6ClNO3/c9-8(10-13)7(12)5-1-3-6(11)4-2-5/h1-4,8,11H. The van der Waals surface area contributed by atoms with E-state index in [9.17, 15) is 9.70 Å². The number of Topliss-reactive ketones (excluding diaryl/α,β-unsaturated/α-hetero) is 1. The van der Waals surface area contributed by atoms with Gasteiger partial charge in [0.15, 0.2) is 0 Å². The lowest BCUT2D eigenvalue weighted by Gasteiger charge is -1.99. The Balaban J connectivity index is 2.89. The molecule has 1 N–H and O–H groups in total. The van der Waals surface area contributed by atoms with Crippen LogP contribution in [0.1, 0.15) is 10.4 Å². The van der Waals surface area contributed by atoms with E-state index in [0.717, 1.165) is 0 Å². The molecule has 0 fully saturated rings. The van der Waals surface area contributed by atoms with E-state index in [1.165, 1.54) is 24.3 Å². The minimum Gasteiger partial charge on any atom is -0.508 e. The smallest absolute Gasteiger partial charge is 0.227 e. The summed E-state index contributed by atoms with van der Waals surface area (Å²) in [6.45, 7) is 0. The van der Waals surface area contributed by atoms with Crippen LogP contribution in [0.5, 0.6) is 5.75 Å². The first-order chi connectivity index (χ1) is 6.15. The van der Waals surface area contributed by atoms with Crippen LogP contribution in [0.25, 0.3) is 0 Å². The van der Waals surface area contributed by atoms with Gasteiger partial charge in [-0.3, -0.25) is 4.79 Å². The fraction of sp³-hybridized carbons (Fsp3) is 0.125. The molecule has 1 aromatic rings. The Kier molecular flexibility index (Phi) is 2.97. The second-order valence-corrected chi connectivity index (χ2v) is 2.77. The number of halogens is 1. The number of benzene rings is 1. The quantitative estimate of drug-likeness (QED) is 0.350. The second-order valence-electron chi connectivity index (χ2n) is 2.35. The maximum absolute atomic E-state index is 11.2. The molecule has 0 radical (unpaired) electrons.